The van der Waals surface area contributed by atoms with Crippen LogP contribution in [0.3, 0.4) is 0 Å². The van der Waals surface area contributed by atoms with Gasteiger partial charge in [-0.05, 0) is 12.3 Å². The van der Waals surface area contributed by atoms with Crippen molar-refractivity contribution >= 4 is 6.03 Å². The van der Waals surface area contributed by atoms with E-state index in [9.17, 15) is 4.79 Å². The normalized spacial score (nSPS) is 11.1. The molecule has 0 aromatic carbocycles. The van der Waals surface area contributed by atoms with Crippen molar-refractivity contribution in [3.05, 3.63) is 23.8 Å². The van der Waals surface area contributed by atoms with E-state index in [1.54, 1.807) is 0 Å². The zero-order chi connectivity index (χ0) is 12.4. The molecule has 0 unspecified atom stereocenters. The van der Waals surface area contributed by atoms with Crippen molar-refractivity contribution in [1.29, 1.82) is 0 Å². The van der Waals surface area contributed by atoms with Crippen LogP contribution in [0.15, 0.2) is 12.4 Å². The molecule has 2 aromatic rings. The first-order chi connectivity index (χ1) is 8.15. The van der Waals surface area contributed by atoms with E-state index in [0.29, 0.717) is 0 Å². The minimum atomic E-state index is -0.363. The third-order valence-electron chi connectivity index (χ3n) is 2.46. The number of hydrogen-bond donors (Lipinski definition) is 0. The van der Waals surface area contributed by atoms with E-state index in [4.69, 9.17) is 0 Å². The molecule has 0 amide bonds. The molecule has 0 spiro atoms. The molecule has 0 atom stereocenters. The molecule has 7 heteroatoms. The highest BCUT2D eigenvalue weighted by Crippen LogP contribution is 2.17. The monoisotopic (exact) mass is 234 g/mol. The summed E-state index contributed by atoms with van der Waals surface area (Å²) in [5, 5.41) is 15.2. The predicted octanol–water partition coefficient (Wildman–Crippen LogP) is 1.07. The highest BCUT2D eigenvalue weighted by atomic mass is 16.2. The fraction of sp³-hybridized carbons (Fsp3) is 0.500. The maximum Gasteiger partial charge on any atom is 0.372 e. The van der Waals surface area contributed by atoms with Crippen LogP contribution >= 0.6 is 0 Å². The van der Waals surface area contributed by atoms with Gasteiger partial charge in [0.25, 0.3) is 0 Å². The van der Waals surface area contributed by atoms with E-state index in [2.05, 4.69) is 20.6 Å². The van der Waals surface area contributed by atoms with Crippen LogP contribution in [0.1, 0.15) is 38.1 Å². The first kappa shape index (κ1) is 11.4. The van der Waals surface area contributed by atoms with Crippen LogP contribution in [-0.4, -0.2) is 36.0 Å². The Morgan fingerprint density at radius 3 is 2.71 bits per heavy atom. The second-order valence-electron chi connectivity index (χ2n) is 3.97. The number of nitrogens with zero attached hydrogens (tertiary/aromatic N) is 6. The van der Waals surface area contributed by atoms with Gasteiger partial charge in [0.05, 0.1) is 23.8 Å². The Balaban J connectivity index is 2.46. The summed E-state index contributed by atoms with van der Waals surface area (Å²) in [4.78, 5) is 12.1. The van der Waals surface area contributed by atoms with Gasteiger partial charge in [-0.25, -0.2) is 4.79 Å². The first-order valence-corrected chi connectivity index (χ1v) is 5.50. The number of rotatable bonds is 2. The lowest BCUT2D eigenvalue weighted by molar-refractivity contribution is 0.236. The first-order valence-electron chi connectivity index (χ1n) is 5.50. The second kappa shape index (κ2) is 4.44. The summed E-state index contributed by atoms with van der Waals surface area (Å²) in [7, 11) is 0. The van der Waals surface area contributed by atoms with Crippen molar-refractivity contribution in [2.75, 3.05) is 0 Å². The molecule has 0 aliphatic carbocycles. The van der Waals surface area contributed by atoms with Crippen LogP contribution in [-0.2, 0) is 6.42 Å². The summed E-state index contributed by atoms with van der Waals surface area (Å²) in [6, 6.07) is -0.363. The summed E-state index contributed by atoms with van der Waals surface area (Å²) < 4.78 is 2.43. The van der Waals surface area contributed by atoms with Crippen LogP contribution in [0.5, 0.6) is 0 Å². The Hall–Kier alpha value is -2.05. The fourth-order valence-corrected chi connectivity index (χ4v) is 1.70. The second-order valence-corrected chi connectivity index (χ2v) is 3.97. The average molecular weight is 234 g/mol. The zero-order valence-electron chi connectivity index (χ0n) is 10.0. The lowest BCUT2D eigenvalue weighted by Crippen LogP contribution is -2.24. The Morgan fingerprint density at radius 2 is 2.18 bits per heavy atom. The largest absolute Gasteiger partial charge is 0.372 e. The van der Waals surface area contributed by atoms with Crippen molar-refractivity contribution < 1.29 is 4.79 Å². The van der Waals surface area contributed by atoms with Crippen molar-refractivity contribution in [2.24, 2.45) is 0 Å². The van der Waals surface area contributed by atoms with Crippen LogP contribution in [0.2, 0.25) is 0 Å². The predicted molar refractivity (Wildman–Crippen MR) is 59.7 cm³/mol. The lowest BCUT2D eigenvalue weighted by Gasteiger charge is -2.08. The van der Waals surface area contributed by atoms with Gasteiger partial charge < -0.3 is 0 Å². The van der Waals surface area contributed by atoms with Gasteiger partial charge in [0.1, 0.15) is 0 Å². The van der Waals surface area contributed by atoms with Crippen molar-refractivity contribution in [3.8, 4) is 0 Å². The van der Waals surface area contributed by atoms with E-state index < -0.39 is 0 Å². The van der Waals surface area contributed by atoms with E-state index in [0.717, 1.165) is 22.5 Å². The lowest BCUT2D eigenvalue weighted by atomic mass is 10.1. The van der Waals surface area contributed by atoms with E-state index in [-0.39, 0.29) is 11.9 Å². The fourth-order valence-electron chi connectivity index (χ4n) is 1.70. The van der Waals surface area contributed by atoms with E-state index >= 15 is 0 Å². The zero-order valence-corrected chi connectivity index (χ0v) is 10.0. The number of aromatic nitrogens is 6. The minimum absolute atomic E-state index is 0.174. The quantitative estimate of drug-likeness (QED) is 0.776. The van der Waals surface area contributed by atoms with Gasteiger partial charge in [-0.15, -0.1) is 10.2 Å². The molecular formula is C10H14N6O. The summed E-state index contributed by atoms with van der Waals surface area (Å²) in [5.41, 5.74) is 1.67. The van der Waals surface area contributed by atoms with Crippen LogP contribution in [0, 0.1) is 0 Å². The number of carbonyl (C=O) groups is 1. The molecule has 0 radical (unpaired) electrons. The molecule has 0 fully saturated rings. The van der Waals surface area contributed by atoms with Crippen LogP contribution < -0.4 is 0 Å². The summed E-state index contributed by atoms with van der Waals surface area (Å²) >= 11 is 0. The van der Waals surface area contributed by atoms with Gasteiger partial charge in [-0.2, -0.15) is 9.36 Å². The van der Waals surface area contributed by atoms with E-state index in [1.165, 1.54) is 17.1 Å². The van der Waals surface area contributed by atoms with Crippen LogP contribution in [0.4, 0.5) is 4.79 Å². The highest BCUT2D eigenvalue weighted by Gasteiger charge is 2.20. The molecule has 90 valence electrons. The number of hydrogen-bond acceptors (Lipinski definition) is 5. The Kier molecular flexibility index (Phi) is 2.99. The minimum Gasteiger partial charge on any atom is -0.243 e. The van der Waals surface area contributed by atoms with Crippen LogP contribution in [0.25, 0.3) is 0 Å². The van der Waals surface area contributed by atoms with Gasteiger partial charge in [-0.3, -0.25) is 0 Å². The number of aryl methyl sites for hydroxylation is 1. The van der Waals surface area contributed by atoms with Crippen molar-refractivity contribution in [1.82, 2.24) is 30.0 Å². The molecule has 0 aliphatic rings. The third kappa shape index (κ3) is 1.95. The molecule has 2 rings (SSSR count). The van der Waals surface area contributed by atoms with Gasteiger partial charge >= 0.3 is 6.03 Å². The maximum atomic E-state index is 12.1. The molecule has 0 N–H and O–H groups in total. The summed E-state index contributed by atoms with van der Waals surface area (Å²) in [6.07, 6.45) is 3.68. The Bertz CT molecular complexity index is 513. The van der Waals surface area contributed by atoms with Gasteiger partial charge in [0, 0.05) is 0 Å². The Labute approximate surface area is 98.4 Å². The topological polar surface area (TPSA) is 78.5 Å². The standard InChI is InChI=1S/C10H14N6O/c1-4-8-9(7(2)3)16(14-12-8)10(17)15-6-5-11-13-15/h5-7H,4H2,1-3H3. The molecule has 2 heterocycles. The molecule has 7 nitrogen and oxygen atoms in total. The molecule has 17 heavy (non-hydrogen) atoms. The number of carbonyl (C=O) groups excluding carboxylic acids is 1. The summed E-state index contributed by atoms with van der Waals surface area (Å²) in [5.74, 6) is 0.174. The van der Waals surface area contributed by atoms with Crippen molar-refractivity contribution in [3.63, 3.8) is 0 Å². The maximum absolute atomic E-state index is 12.1. The third-order valence-corrected chi connectivity index (χ3v) is 2.46. The van der Waals surface area contributed by atoms with Crippen molar-refractivity contribution in [2.45, 2.75) is 33.1 Å². The molecular weight excluding hydrogens is 220 g/mol. The molecule has 0 saturated carbocycles. The molecule has 0 saturated heterocycles. The SMILES string of the molecule is CCc1nnn(C(=O)n2ccnn2)c1C(C)C. The van der Waals surface area contributed by atoms with E-state index in [1.807, 2.05) is 20.8 Å². The molecule has 0 aliphatic heterocycles. The molecule has 2 aromatic heterocycles. The van der Waals surface area contributed by atoms with Gasteiger partial charge in [-0.1, -0.05) is 31.2 Å². The van der Waals surface area contributed by atoms with Gasteiger partial charge in [0.2, 0.25) is 0 Å². The Morgan fingerprint density at radius 1 is 1.41 bits per heavy atom. The summed E-state index contributed by atoms with van der Waals surface area (Å²) in [6.45, 7) is 5.99. The van der Waals surface area contributed by atoms with Gasteiger partial charge in [0.15, 0.2) is 0 Å². The molecule has 0 bridgehead atoms. The highest BCUT2D eigenvalue weighted by molar-refractivity contribution is 5.78. The average Bonchev–Trinajstić information content (AvgIpc) is 2.96. The smallest absolute Gasteiger partial charge is 0.243 e.